The Morgan fingerprint density at radius 1 is 1.50 bits per heavy atom. The van der Waals surface area contributed by atoms with Crippen LogP contribution in [0.2, 0.25) is 0 Å². The van der Waals surface area contributed by atoms with Crippen molar-refractivity contribution < 1.29 is 13.9 Å². The van der Waals surface area contributed by atoms with Gasteiger partial charge in [0.05, 0.1) is 18.0 Å². The third-order valence-electron chi connectivity index (χ3n) is 3.65. The first-order valence-electron chi connectivity index (χ1n) is 6.87. The van der Waals surface area contributed by atoms with Crippen LogP contribution in [0.4, 0.5) is 4.39 Å². The number of carbonyl (C=O) groups excluding carboxylic acids is 1. The molecule has 1 aromatic heterocycles. The van der Waals surface area contributed by atoms with E-state index >= 15 is 0 Å². The summed E-state index contributed by atoms with van der Waals surface area (Å²) < 4.78 is 19.0. The molecule has 2 aromatic rings. The minimum atomic E-state index is -0.298. The van der Waals surface area contributed by atoms with Crippen molar-refractivity contribution in [2.75, 3.05) is 13.2 Å². The van der Waals surface area contributed by atoms with E-state index in [4.69, 9.17) is 4.74 Å². The summed E-state index contributed by atoms with van der Waals surface area (Å²) in [6, 6.07) is 4.87. The lowest BCUT2D eigenvalue weighted by Crippen LogP contribution is -2.32. The van der Waals surface area contributed by atoms with Crippen LogP contribution in [-0.2, 0) is 16.0 Å². The van der Waals surface area contributed by atoms with Crippen molar-refractivity contribution in [3.05, 3.63) is 35.8 Å². The summed E-state index contributed by atoms with van der Waals surface area (Å²) in [6.45, 7) is 1.33. The van der Waals surface area contributed by atoms with E-state index in [0.717, 1.165) is 30.4 Å². The summed E-state index contributed by atoms with van der Waals surface area (Å²) >= 11 is 0. The minimum Gasteiger partial charge on any atom is -0.376 e. The van der Waals surface area contributed by atoms with E-state index in [1.165, 1.54) is 6.07 Å². The average molecular weight is 276 g/mol. The second kappa shape index (κ2) is 5.63. The number of hydrogen-bond acceptors (Lipinski definition) is 2. The number of benzene rings is 1. The lowest BCUT2D eigenvalue weighted by Gasteiger charge is -2.10. The fourth-order valence-electron chi connectivity index (χ4n) is 2.59. The van der Waals surface area contributed by atoms with Crippen molar-refractivity contribution >= 4 is 16.8 Å². The van der Waals surface area contributed by atoms with Crippen molar-refractivity contribution in [2.45, 2.75) is 25.4 Å². The van der Waals surface area contributed by atoms with Gasteiger partial charge in [0, 0.05) is 24.7 Å². The largest absolute Gasteiger partial charge is 0.376 e. The summed E-state index contributed by atoms with van der Waals surface area (Å²) in [6.07, 6.45) is 4.13. The van der Waals surface area contributed by atoms with E-state index in [1.807, 2.05) is 6.07 Å². The number of aromatic nitrogens is 1. The molecule has 2 heterocycles. The zero-order chi connectivity index (χ0) is 13.9. The van der Waals surface area contributed by atoms with Crippen LogP contribution in [-0.4, -0.2) is 30.1 Å². The van der Waals surface area contributed by atoms with Crippen molar-refractivity contribution in [3.63, 3.8) is 0 Å². The quantitative estimate of drug-likeness (QED) is 0.899. The zero-order valence-corrected chi connectivity index (χ0v) is 11.1. The normalized spacial score (nSPS) is 18.6. The third kappa shape index (κ3) is 2.67. The minimum absolute atomic E-state index is 0.0642. The third-order valence-corrected chi connectivity index (χ3v) is 3.65. The van der Waals surface area contributed by atoms with Gasteiger partial charge in [0.2, 0.25) is 5.91 Å². The van der Waals surface area contributed by atoms with Gasteiger partial charge in [0.1, 0.15) is 5.82 Å². The highest BCUT2D eigenvalue weighted by atomic mass is 19.1. The Hall–Kier alpha value is -1.88. The van der Waals surface area contributed by atoms with E-state index in [1.54, 1.807) is 12.3 Å². The van der Waals surface area contributed by atoms with E-state index in [2.05, 4.69) is 10.3 Å². The van der Waals surface area contributed by atoms with Gasteiger partial charge in [-0.05, 0) is 24.5 Å². The van der Waals surface area contributed by atoms with Crippen LogP contribution in [0.5, 0.6) is 0 Å². The number of halogens is 1. The number of hydrogen-bond donors (Lipinski definition) is 2. The number of carbonyl (C=O) groups is 1. The Kier molecular flexibility index (Phi) is 3.69. The Morgan fingerprint density at radius 2 is 2.40 bits per heavy atom. The number of H-pyrrole nitrogens is 1. The van der Waals surface area contributed by atoms with E-state index in [9.17, 15) is 9.18 Å². The number of rotatable bonds is 4. The molecule has 2 N–H and O–H groups in total. The lowest BCUT2D eigenvalue weighted by atomic mass is 10.1. The van der Waals surface area contributed by atoms with Crippen LogP contribution < -0.4 is 5.32 Å². The number of nitrogens with one attached hydrogen (secondary N) is 2. The number of para-hydroxylation sites is 1. The SMILES string of the molecule is O=C(Cc1c[nH]c2c(F)cccc12)NCC1CCCO1. The molecule has 1 aromatic carbocycles. The van der Waals surface area contributed by atoms with Gasteiger partial charge in [0.25, 0.3) is 0 Å². The second-order valence-electron chi connectivity index (χ2n) is 5.09. The fourth-order valence-corrected chi connectivity index (χ4v) is 2.59. The van der Waals surface area contributed by atoms with Gasteiger partial charge in [-0.15, -0.1) is 0 Å². The maximum absolute atomic E-state index is 13.5. The molecule has 1 amide bonds. The number of fused-ring (bicyclic) bond motifs is 1. The molecular formula is C15H17FN2O2. The highest BCUT2D eigenvalue weighted by molar-refractivity contribution is 5.89. The first-order valence-corrected chi connectivity index (χ1v) is 6.87. The van der Waals surface area contributed by atoms with Crippen molar-refractivity contribution in [1.29, 1.82) is 0 Å². The van der Waals surface area contributed by atoms with Gasteiger partial charge in [-0.2, -0.15) is 0 Å². The molecule has 106 valence electrons. The maximum atomic E-state index is 13.5. The topological polar surface area (TPSA) is 54.1 Å². The Bertz CT molecular complexity index is 617. The van der Waals surface area contributed by atoms with Crippen LogP contribution in [0.25, 0.3) is 10.9 Å². The monoisotopic (exact) mass is 276 g/mol. The summed E-state index contributed by atoms with van der Waals surface area (Å²) in [5.74, 6) is -0.362. The molecule has 1 fully saturated rings. The molecule has 1 aliphatic rings. The summed E-state index contributed by atoms with van der Waals surface area (Å²) in [5.41, 5.74) is 1.26. The van der Waals surface area contributed by atoms with Gasteiger partial charge in [0.15, 0.2) is 0 Å². The van der Waals surface area contributed by atoms with Crippen LogP contribution >= 0.6 is 0 Å². The predicted molar refractivity (Wildman–Crippen MR) is 73.9 cm³/mol. The van der Waals surface area contributed by atoms with E-state index in [-0.39, 0.29) is 24.2 Å². The van der Waals surface area contributed by atoms with Crippen molar-refractivity contribution in [3.8, 4) is 0 Å². The molecule has 0 radical (unpaired) electrons. The lowest BCUT2D eigenvalue weighted by molar-refractivity contribution is -0.120. The molecular weight excluding hydrogens is 259 g/mol. The molecule has 20 heavy (non-hydrogen) atoms. The number of ether oxygens (including phenoxy) is 1. The molecule has 0 spiro atoms. The van der Waals surface area contributed by atoms with Crippen molar-refractivity contribution in [2.24, 2.45) is 0 Å². The predicted octanol–water partition coefficient (Wildman–Crippen LogP) is 2.14. The number of aromatic amines is 1. The van der Waals surface area contributed by atoms with Crippen LogP contribution in [0, 0.1) is 5.82 Å². The van der Waals surface area contributed by atoms with Gasteiger partial charge < -0.3 is 15.0 Å². The summed E-state index contributed by atoms with van der Waals surface area (Å²) in [5, 5.41) is 3.63. The zero-order valence-electron chi connectivity index (χ0n) is 11.1. The standard InChI is InChI=1S/C15H17FN2O2/c16-13-5-1-4-12-10(8-18-15(12)13)7-14(19)17-9-11-3-2-6-20-11/h1,4-5,8,11,18H,2-3,6-7,9H2,(H,17,19). The van der Waals surface area contributed by atoms with Crippen LogP contribution in [0.15, 0.2) is 24.4 Å². The maximum Gasteiger partial charge on any atom is 0.224 e. The molecule has 0 saturated carbocycles. The van der Waals surface area contributed by atoms with Gasteiger partial charge in [-0.3, -0.25) is 4.79 Å². The molecule has 0 bridgehead atoms. The first-order chi connectivity index (χ1) is 9.74. The first kappa shape index (κ1) is 13.1. The highest BCUT2D eigenvalue weighted by Crippen LogP contribution is 2.21. The van der Waals surface area contributed by atoms with E-state index in [0.29, 0.717) is 12.1 Å². The van der Waals surface area contributed by atoms with Gasteiger partial charge in [-0.1, -0.05) is 12.1 Å². The Morgan fingerprint density at radius 3 is 3.20 bits per heavy atom. The van der Waals surface area contributed by atoms with E-state index < -0.39 is 0 Å². The molecule has 4 nitrogen and oxygen atoms in total. The van der Waals surface area contributed by atoms with Crippen molar-refractivity contribution in [1.82, 2.24) is 10.3 Å². The number of amides is 1. The van der Waals surface area contributed by atoms with Crippen LogP contribution in [0.1, 0.15) is 18.4 Å². The average Bonchev–Trinajstić information content (AvgIpc) is 3.07. The smallest absolute Gasteiger partial charge is 0.224 e. The highest BCUT2D eigenvalue weighted by Gasteiger charge is 2.17. The molecule has 5 heteroatoms. The molecule has 1 saturated heterocycles. The second-order valence-corrected chi connectivity index (χ2v) is 5.09. The molecule has 1 atom stereocenters. The fraction of sp³-hybridized carbons (Fsp3) is 0.400. The van der Waals surface area contributed by atoms with Gasteiger partial charge in [-0.25, -0.2) is 4.39 Å². The summed E-state index contributed by atoms with van der Waals surface area (Å²) in [4.78, 5) is 14.8. The summed E-state index contributed by atoms with van der Waals surface area (Å²) in [7, 11) is 0. The van der Waals surface area contributed by atoms with Gasteiger partial charge >= 0.3 is 0 Å². The Balaban J connectivity index is 1.63. The molecule has 0 aliphatic carbocycles. The molecule has 1 aliphatic heterocycles. The molecule has 3 rings (SSSR count). The van der Waals surface area contributed by atoms with Crippen LogP contribution in [0.3, 0.4) is 0 Å². The molecule has 1 unspecified atom stereocenters. The Labute approximate surface area is 116 Å².